The Kier molecular flexibility index (Phi) is 6.39. The molecule has 0 saturated carbocycles. The van der Waals surface area contributed by atoms with Gasteiger partial charge in [-0.05, 0) is 56.7 Å². The molecule has 0 spiro atoms. The Hall–Kier alpha value is -4.40. The van der Waals surface area contributed by atoms with Gasteiger partial charge in [0.15, 0.2) is 0 Å². The zero-order chi connectivity index (χ0) is 23.4. The summed E-state index contributed by atoms with van der Waals surface area (Å²) in [6, 6.07) is 12.6. The molecule has 164 valence electrons. The molecule has 3 aromatic rings. The SMILES string of the molecule is Cc1ccccc1NC(=O)N/N=C/c1cc(C)n(-c2cc(C(=O)O)cc(C(=O)O)c2)c1C. The number of hydrogen-bond donors (Lipinski definition) is 4. The fraction of sp³-hybridized carbons (Fsp3) is 0.130. The fourth-order valence-corrected chi connectivity index (χ4v) is 3.33. The van der Waals surface area contributed by atoms with Crippen LogP contribution < -0.4 is 10.7 Å². The summed E-state index contributed by atoms with van der Waals surface area (Å²) in [6.07, 6.45) is 1.47. The van der Waals surface area contributed by atoms with E-state index in [1.165, 1.54) is 18.3 Å². The van der Waals surface area contributed by atoms with Crippen LogP contribution in [0.5, 0.6) is 0 Å². The number of aromatic carboxylic acids is 2. The molecule has 9 nitrogen and oxygen atoms in total. The number of amides is 2. The van der Waals surface area contributed by atoms with Crippen LogP contribution in [0.2, 0.25) is 0 Å². The lowest BCUT2D eigenvalue weighted by Gasteiger charge is -2.12. The molecule has 0 unspecified atom stereocenters. The molecule has 0 bridgehead atoms. The summed E-state index contributed by atoms with van der Waals surface area (Å²) in [5.41, 5.74) is 6.26. The number of para-hydroxylation sites is 1. The Morgan fingerprint density at radius 2 is 1.56 bits per heavy atom. The molecule has 0 aliphatic rings. The summed E-state index contributed by atoms with van der Waals surface area (Å²) in [5, 5.41) is 25.3. The molecule has 32 heavy (non-hydrogen) atoms. The number of carboxylic acids is 2. The van der Waals surface area contributed by atoms with Gasteiger partial charge in [0, 0.05) is 28.3 Å². The molecule has 0 radical (unpaired) electrons. The Bertz CT molecular complexity index is 1210. The summed E-state index contributed by atoms with van der Waals surface area (Å²) >= 11 is 0. The van der Waals surface area contributed by atoms with E-state index in [9.17, 15) is 24.6 Å². The van der Waals surface area contributed by atoms with Gasteiger partial charge in [0.25, 0.3) is 0 Å². The molecule has 0 aliphatic carbocycles. The van der Waals surface area contributed by atoms with Crippen molar-refractivity contribution in [3.8, 4) is 5.69 Å². The zero-order valence-electron chi connectivity index (χ0n) is 17.7. The molecule has 1 aromatic heterocycles. The van der Waals surface area contributed by atoms with Crippen LogP contribution in [0.3, 0.4) is 0 Å². The van der Waals surface area contributed by atoms with Crippen LogP contribution in [-0.4, -0.2) is 39.0 Å². The van der Waals surface area contributed by atoms with Crippen molar-refractivity contribution in [3.05, 3.63) is 82.2 Å². The van der Waals surface area contributed by atoms with Gasteiger partial charge >= 0.3 is 18.0 Å². The highest BCUT2D eigenvalue weighted by Gasteiger charge is 2.16. The van der Waals surface area contributed by atoms with Gasteiger partial charge in [-0.2, -0.15) is 5.10 Å². The molecule has 9 heteroatoms. The maximum Gasteiger partial charge on any atom is 0.339 e. The Morgan fingerprint density at radius 1 is 0.938 bits per heavy atom. The predicted octanol–water partition coefficient (Wildman–Crippen LogP) is 3.95. The van der Waals surface area contributed by atoms with Crippen LogP contribution in [0.25, 0.3) is 5.69 Å². The third kappa shape index (κ3) is 4.84. The fourth-order valence-electron chi connectivity index (χ4n) is 3.33. The first kappa shape index (κ1) is 22.3. The number of anilines is 1. The molecule has 4 N–H and O–H groups in total. The van der Waals surface area contributed by atoms with Crippen molar-refractivity contribution in [1.29, 1.82) is 0 Å². The van der Waals surface area contributed by atoms with Crippen LogP contribution in [0, 0.1) is 20.8 Å². The molecule has 0 aliphatic heterocycles. The molecule has 0 fully saturated rings. The van der Waals surface area contributed by atoms with Crippen molar-refractivity contribution in [3.63, 3.8) is 0 Å². The monoisotopic (exact) mass is 434 g/mol. The van der Waals surface area contributed by atoms with Gasteiger partial charge < -0.3 is 20.1 Å². The average Bonchev–Trinajstić information content (AvgIpc) is 3.02. The van der Waals surface area contributed by atoms with Gasteiger partial charge in [0.2, 0.25) is 0 Å². The molecule has 2 aromatic carbocycles. The van der Waals surface area contributed by atoms with Crippen LogP contribution in [-0.2, 0) is 0 Å². The van der Waals surface area contributed by atoms with Crippen molar-refractivity contribution >= 4 is 29.9 Å². The second-order valence-corrected chi connectivity index (χ2v) is 7.18. The largest absolute Gasteiger partial charge is 0.478 e. The first-order valence-corrected chi connectivity index (χ1v) is 9.64. The van der Waals surface area contributed by atoms with E-state index in [0.717, 1.165) is 17.3 Å². The van der Waals surface area contributed by atoms with E-state index in [2.05, 4.69) is 15.8 Å². The summed E-state index contributed by atoms with van der Waals surface area (Å²) in [6.45, 7) is 5.47. The Morgan fingerprint density at radius 3 is 2.16 bits per heavy atom. The van der Waals surface area contributed by atoms with Gasteiger partial charge in [-0.1, -0.05) is 18.2 Å². The van der Waals surface area contributed by atoms with E-state index in [1.54, 1.807) is 30.5 Å². The molecule has 2 amide bonds. The topological polar surface area (TPSA) is 133 Å². The average molecular weight is 434 g/mol. The van der Waals surface area contributed by atoms with Crippen molar-refractivity contribution in [2.45, 2.75) is 20.8 Å². The summed E-state index contributed by atoms with van der Waals surface area (Å²) in [4.78, 5) is 34.9. The molecule has 3 rings (SSSR count). The van der Waals surface area contributed by atoms with E-state index < -0.39 is 18.0 Å². The number of rotatable bonds is 6. The van der Waals surface area contributed by atoms with Crippen LogP contribution in [0.1, 0.15) is 43.2 Å². The number of nitrogens with zero attached hydrogens (tertiary/aromatic N) is 2. The summed E-state index contributed by atoms with van der Waals surface area (Å²) < 4.78 is 1.73. The number of hydrazone groups is 1. The van der Waals surface area contributed by atoms with E-state index in [-0.39, 0.29) is 11.1 Å². The number of aryl methyl sites for hydroxylation is 2. The molecule has 0 saturated heterocycles. The maximum atomic E-state index is 12.1. The maximum absolute atomic E-state index is 12.1. The number of carboxylic acid groups (broad SMARTS) is 2. The highest BCUT2D eigenvalue weighted by Crippen LogP contribution is 2.22. The molecule has 0 atom stereocenters. The minimum absolute atomic E-state index is 0.128. The van der Waals surface area contributed by atoms with Crippen LogP contribution in [0.15, 0.2) is 53.6 Å². The number of hydrogen-bond acceptors (Lipinski definition) is 4. The van der Waals surface area contributed by atoms with Crippen LogP contribution >= 0.6 is 0 Å². The lowest BCUT2D eigenvalue weighted by Crippen LogP contribution is -2.24. The molecule has 1 heterocycles. The summed E-state index contributed by atoms with van der Waals surface area (Å²) in [7, 11) is 0. The minimum atomic E-state index is -1.22. The number of carbonyl (C=O) groups excluding carboxylic acids is 1. The lowest BCUT2D eigenvalue weighted by molar-refractivity contribution is 0.0696. The van der Waals surface area contributed by atoms with Gasteiger partial charge in [-0.25, -0.2) is 19.8 Å². The Balaban J connectivity index is 1.84. The zero-order valence-corrected chi connectivity index (χ0v) is 17.7. The minimum Gasteiger partial charge on any atom is -0.478 e. The Labute approximate surface area is 184 Å². The first-order chi connectivity index (χ1) is 15.2. The second kappa shape index (κ2) is 9.17. The molecular formula is C23H22N4O5. The highest BCUT2D eigenvalue weighted by atomic mass is 16.4. The number of carbonyl (C=O) groups is 3. The summed E-state index contributed by atoms with van der Waals surface area (Å²) in [5.74, 6) is -2.44. The standard InChI is InChI=1S/C23H22N4O5/c1-13-6-4-5-7-20(13)25-23(32)26-24-12-18-8-14(2)27(15(18)3)19-10-16(21(28)29)9-17(11-19)22(30)31/h4-12H,1-3H3,(H,28,29)(H,30,31)(H2,25,26,32)/b24-12+. The van der Waals surface area contributed by atoms with Gasteiger partial charge in [-0.3, -0.25) is 0 Å². The van der Waals surface area contributed by atoms with E-state index >= 15 is 0 Å². The van der Waals surface area contributed by atoms with Gasteiger partial charge in [-0.15, -0.1) is 0 Å². The first-order valence-electron chi connectivity index (χ1n) is 9.64. The van der Waals surface area contributed by atoms with Gasteiger partial charge in [0.1, 0.15) is 0 Å². The number of urea groups is 1. The highest BCUT2D eigenvalue weighted by molar-refractivity contribution is 5.95. The van der Waals surface area contributed by atoms with Crippen LogP contribution in [0.4, 0.5) is 10.5 Å². The smallest absolute Gasteiger partial charge is 0.339 e. The quantitative estimate of drug-likeness (QED) is 0.344. The number of aromatic nitrogens is 1. The van der Waals surface area contributed by atoms with Crippen molar-refractivity contribution in [2.24, 2.45) is 5.10 Å². The van der Waals surface area contributed by atoms with Crippen molar-refractivity contribution < 1.29 is 24.6 Å². The van der Waals surface area contributed by atoms with E-state index in [0.29, 0.717) is 22.6 Å². The van der Waals surface area contributed by atoms with Crippen molar-refractivity contribution in [2.75, 3.05) is 5.32 Å². The molecular weight excluding hydrogens is 412 g/mol. The normalized spacial score (nSPS) is 10.8. The number of benzene rings is 2. The lowest BCUT2D eigenvalue weighted by atomic mass is 10.1. The van der Waals surface area contributed by atoms with Gasteiger partial charge in [0.05, 0.1) is 17.3 Å². The van der Waals surface area contributed by atoms with E-state index in [4.69, 9.17) is 0 Å². The van der Waals surface area contributed by atoms with E-state index in [1.807, 2.05) is 25.1 Å². The van der Waals surface area contributed by atoms with Crippen molar-refractivity contribution in [1.82, 2.24) is 9.99 Å². The second-order valence-electron chi connectivity index (χ2n) is 7.18. The number of nitrogens with one attached hydrogen (secondary N) is 2. The predicted molar refractivity (Wildman–Crippen MR) is 120 cm³/mol. The third-order valence-corrected chi connectivity index (χ3v) is 4.90. The third-order valence-electron chi connectivity index (χ3n) is 4.90.